The van der Waals surface area contributed by atoms with Crippen molar-refractivity contribution >= 4 is 21.8 Å². The Morgan fingerprint density at radius 2 is 1.74 bits per heavy atom. The number of carbonyl (C=O) groups excluding carboxylic acids is 1. The molecule has 0 unspecified atom stereocenters. The van der Waals surface area contributed by atoms with Crippen LogP contribution in [0.3, 0.4) is 0 Å². The van der Waals surface area contributed by atoms with E-state index in [-0.39, 0.29) is 36.3 Å². The van der Waals surface area contributed by atoms with Gasteiger partial charge in [0.2, 0.25) is 11.7 Å². The number of aromatic nitrogens is 3. The van der Waals surface area contributed by atoms with E-state index in [1.165, 1.54) is 29.0 Å². The molecule has 9 heteroatoms. The average molecular weight is 483 g/mol. The third-order valence-electron chi connectivity index (χ3n) is 4.48. The molecule has 0 fully saturated rings. The number of carbonyl (C=O) groups is 1. The van der Waals surface area contributed by atoms with Crippen LogP contribution in [-0.4, -0.2) is 20.6 Å². The lowest BCUT2D eigenvalue weighted by Crippen LogP contribution is -2.31. The standard InChI is InChI=1S/C22H16BrFN4O3/c23-17-6-3-15(4-7-17)21-26-22(31-27-21)16-5-10-20(30)28(12-16)13-19(29)25-11-14-1-8-18(24)9-2-14/h1-10,12H,11,13H2,(H,25,29). The quantitative estimate of drug-likeness (QED) is 0.451. The molecule has 0 bridgehead atoms. The minimum atomic E-state index is -0.357. The SMILES string of the molecule is O=C(Cn1cc(-c2nc(-c3ccc(Br)cc3)no2)ccc1=O)NCc1ccc(F)cc1. The van der Waals surface area contributed by atoms with Crippen LogP contribution in [0, 0.1) is 5.82 Å². The van der Waals surface area contributed by atoms with Crippen LogP contribution < -0.4 is 10.9 Å². The van der Waals surface area contributed by atoms with Crippen molar-refractivity contribution in [2.24, 2.45) is 0 Å². The van der Waals surface area contributed by atoms with Crippen LogP contribution in [-0.2, 0) is 17.9 Å². The molecule has 0 aliphatic carbocycles. The summed E-state index contributed by atoms with van der Waals surface area (Å²) in [6.45, 7) is 0.0509. The molecular formula is C22H16BrFN4O3. The van der Waals surface area contributed by atoms with Gasteiger partial charge in [-0.1, -0.05) is 33.2 Å². The summed E-state index contributed by atoms with van der Waals surface area (Å²) >= 11 is 3.38. The Balaban J connectivity index is 1.47. The van der Waals surface area contributed by atoms with E-state index in [2.05, 4.69) is 31.4 Å². The molecule has 7 nitrogen and oxygen atoms in total. The molecule has 0 aliphatic heterocycles. The van der Waals surface area contributed by atoms with Crippen molar-refractivity contribution in [3.05, 3.63) is 93.1 Å². The number of benzene rings is 2. The van der Waals surface area contributed by atoms with Gasteiger partial charge in [-0.15, -0.1) is 0 Å². The number of pyridine rings is 1. The summed E-state index contributed by atoms with van der Waals surface area (Å²) in [5.41, 5.74) is 1.71. The maximum Gasteiger partial charge on any atom is 0.259 e. The molecule has 0 spiro atoms. The van der Waals surface area contributed by atoms with Gasteiger partial charge >= 0.3 is 0 Å². The highest BCUT2D eigenvalue weighted by Gasteiger charge is 2.13. The van der Waals surface area contributed by atoms with Gasteiger partial charge in [0, 0.05) is 28.8 Å². The van der Waals surface area contributed by atoms with Crippen molar-refractivity contribution in [2.75, 3.05) is 0 Å². The van der Waals surface area contributed by atoms with E-state index in [9.17, 15) is 14.0 Å². The van der Waals surface area contributed by atoms with Gasteiger partial charge in [-0.3, -0.25) is 9.59 Å². The Hall–Kier alpha value is -3.59. The van der Waals surface area contributed by atoms with Crippen molar-refractivity contribution in [3.8, 4) is 22.8 Å². The van der Waals surface area contributed by atoms with Crippen molar-refractivity contribution in [1.29, 1.82) is 0 Å². The summed E-state index contributed by atoms with van der Waals surface area (Å²) in [6, 6.07) is 16.2. The van der Waals surface area contributed by atoms with E-state index in [4.69, 9.17) is 4.52 Å². The van der Waals surface area contributed by atoms with Crippen LogP contribution in [0.4, 0.5) is 4.39 Å². The number of nitrogens with zero attached hydrogens (tertiary/aromatic N) is 3. The molecule has 4 rings (SSSR count). The summed E-state index contributed by atoms with van der Waals surface area (Å²) in [5.74, 6) is -0.0527. The minimum Gasteiger partial charge on any atom is -0.350 e. The Morgan fingerprint density at radius 3 is 2.48 bits per heavy atom. The first-order valence-corrected chi connectivity index (χ1v) is 10.1. The van der Waals surface area contributed by atoms with Gasteiger partial charge in [-0.05, 0) is 48.0 Å². The number of nitrogens with one attached hydrogen (secondary N) is 1. The predicted octanol–water partition coefficient (Wildman–Crippen LogP) is 3.78. The highest BCUT2D eigenvalue weighted by molar-refractivity contribution is 9.10. The van der Waals surface area contributed by atoms with Crippen LogP contribution in [0.25, 0.3) is 22.8 Å². The Labute approximate surface area is 184 Å². The fourth-order valence-electron chi connectivity index (χ4n) is 2.85. The molecule has 0 saturated heterocycles. The minimum absolute atomic E-state index is 0.179. The molecule has 0 aliphatic rings. The van der Waals surface area contributed by atoms with E-state index in [1.807, 2.05) is 24.3 Å². The number of hydrogen-bond donors (Lipinski definition) is 1. The first-order valence-electron chi connectivity index (χ1n) is 9.29. The maximum atomic E-state index is 13.0. The van der Waals surface area contributed by atoms with Crippen molar-refractivity contribution in [1.82, 2.24) is 20.0 Å². The average Bonchev–Trinajstić information content (AvgIpc) is 3.26. The van der Waals surface area contributed by atoms with Gasteiger partial charge in [0.05, 0.1) is 5.56 Å². The lowest BCUT2D eigenvalue weighted by molar-refractivity contribution is -0.121. The third-order valence-corrected chi connectivity index (χ3v) is 5.00. The second kappa shape index (κ2) is 9.05. The lowest BCUT2D eigenvalue weighted by atomic mass is 10.2. The van der Waals surface area contributed by atoms with E-state index < -0.39 is 0 Å². The van der Waals surface area contributed by atoms with Crippen molar-refractivity contribution in [2.45, 2.75) is 13.1 Å². The van der Waals surface area contributed by atoms with Crippen LogP contribution in [0.1, 0.15) is 5.56 Å². The van der Waals surface area contributed by atoms with Crippen LogP contribution in [0.15, 0.2) is 80.7 Å². The Bertz CT molecular complexity index is 1270. The van der Waals surface area contributed by atoms with Crippen LogP contribution in [0.5, 0.6) is 0 Å². The van der Waals surface area contributed by atoms with Crippen molar-refractivity contribution in [3.63, 3.8) is 0 Å². The monoisotopic (exact) mass is 482 g/mol. The zero-order valence-corrected chi connectivity index (χ0v) is 17.7. The van der Waals surface area contributed by atoms with E-state index in [0.29, 0.717) is 11.4 Å². The molecule has 0 atom stereocenters. The molecule has 0 saturated carbocycles. The molecule has 0 radical (unpaired) electrons. The largest absolute Gasteiger partial charge is 0.350 e. The zero-order chi connectivity index (χ0) is 21.8. The lowest BCUT2D eigenvalue weighted by Gasteiger charge is -2.08. The van der Waals surface area contributed by atoms with Gasteiger partial charge < -0.3 is 14.4 Å². The van der Waals surface area contributed by atoms with Gasteiger partial charge in [0.1, 0.15) is 12.4 Å². The molecule has 31 heavy (non-hydrogen) atoms. The van der Waals surface area contributed by atoms with Crippen LogP contribution >= 0.6 is 15.9 Å². The van der Waals surface area contributed by atoms with Gasteiger partial charge in [0.15, 0.2) is 0 Å². The molecule has 156 valence electrons. The highest BCUT2D eigenvalue weighted by Crippen LogP contribution is 2.23. The molecule has 4 aromatic rings. The first kappa shape index (κ1) is 20.7. The molecule has 2 heterocycles. The topological polar surface area (TPSA) is 90.0 Å². The second-order valence-corrected chi connectivity index (χ2v) is 7.63. The molecule has 2 aromatic carbocycles. The fourth-order valence-corrected chi connectivity index (χ4v) is 3.12. The summed E-state index contributed by atoms with van der Waals surface area (Å²) in [5, 5.41) is 6.69. The van der Waals surface area contributed by atoms with Crippen LogP contribution in [0.2, 0.25) is 0 Å². The Morgan fingerprint density at radius 1 is 1.03 bits per heavy atom. The second-order valence-electron chi connectivity index (χ2n) is 6.72. The number of rotatable bonds is 6. The zero-order valence-electron chi connectivity index (χ0n) is 16.1. The predicted molar refractivity (Wildman–Crippen MR) is 115 cm³/mol. The normalized spacial score (nSPS) is 10.8. The summed E-state index contributed by atoms with van der Waals surface area (Å²) in [6.07, 6.45) is 1.50. The molecule has 1 N–H and O–H groups in total. The number of halogens is 2. The molecule has 1 amide bonds. The van der Waals surface area contributed by atoms with E-state index >= 15 is 0 Å². The molecule has 2 aromatic heterocycles. The van der Waals surface area contributed by atoms with E-state index in [0.717, 1.165) is 15.6 Å². The molecular weight excluding hydrogens is 467 g/mol. The third kappa shape index (κ3) is 5.13. The highest BCUT2D eigenvalue weighted by atomic mass is 79.9. The Kier molecular flexibility index (Phi) is 6.03. The fraction of sp³-hybridized carbons (Fsp3) is 0.0909. The van der Waals surface area contributed by atoms with Gasteiger partial charge in [0.25, 0.3) is 11.4 Å². The number of hydrogen-bond acceptors (Lipinski definition) is 5. The van der Waals surface area contributed by atoms with Crippen molar-refractivity contribution < 1.29 is 13.7 Å². The maximum absolute atomic E-state index is 13.0. The first-order chi connectivity index (χ1) is 15.0. The van der Waals surface area contributed by atoms with Gasteiger partial charge in [-0.25, -0.2) is 4.39 Å². The number of amides is 1. The van der Waals surface area contributed by atoms with E-state index in [1.54, 1.807) is 18.2 Å². The summed E-state index contributed by atoms with van der Waals surface area (Å²) in [4.78, 5) is 28.8. The summed E-state index contributed by atoms with van der Waals surface area (Å²) < 4.78 is 20.5. The summed E-state index contributed by atoms with van der Waals surface area (Å²) in [7, 11) is 0. The van der Waals surface area contributed by atoms with Gasteiger partial charge in [-0.2, -0.15) is 4.98 Å². The smallest absolute Gasteiger partial charge is 0.259 e.